The number of hydrogen-bond donors (Lipinski definition) is 0. The van der Waals surface area contributed by atoms with Crippen molar-refractivity contribution in [3.05, 3.63) is 70.2 Å². The summed E-state index contributed by atoms with van der Waals surface area (Å²) in [5.41, 5.74) is 2.17. The van der Waals surface area contributed by atoms with Crippen molar-refractivity contribution >= 4 is 15.9 Å². The van der Waals surface area contributed by atoms with Gasteiger partial charge in [-0.1, -0.05) is 84.7 Å². The molecule has 0 aromatic heterocycles. The van der Waals surface area contributed by atoms with Gasteiger partial charge in [-0.2, -0.15) is 10.2 Å². The Balaban J connectivity index is 1.81. The Kier molecular flexibility index (Phi) is 3.17. The lowest BCUT2D eigenvalue weighted by atomic mass is 9.61. The first-order chi connectivity index (χ1) is 12.1. The predicted molar refractivity (Wildman–Crippen MR) is 103 cm³/mol. The number of hydrogen-bond acceptors (Lipinski definition) is 2. The lowest BCUT2D eigenvalue weighted by Gasteiger charge is -2.42. The molecule has 3 aliphatic rings. The predicted octanol–water partition coefficient (Wildman–Crippen LogP) is 6.46. The summed E-state index contributed by atoms with van der Waals surface area (Å²) in [5.74, 6) is 1.15. The molecule has 0 radical (unpaired) electrons. The van der Waals surface area contributed by atoms with Crippen LogP contribution in [0.1, 0.15) is 44.2 Å². The van der Waals surface area contributed by atoms with E-state index in [1.165, 1.54) is 34.9 Å². The molecule has 1 heterocycles. The third-order valence-electron chi connectivity index (χ3n) is 7.36. The van der Waals surface area contributed by atoms with E-state index in [1.807, 2.05) is 0 Å². The molecule has 3 heteroatoms. The Bertz CT molecular complexity index is 859. The minimum absolute atomic E-state index is 0.0546. The highest BCUT2D eigenvalue weighted by Crippen LogP contribution is 2.77. The topological polar surface area (TPSA) is 24.7 Å². The lowest BCUT2D eigenvalue weighted by molar-refractivity contribution is 0.140. The van der Waals surface area contributed by atoms with Gasteiger partial charge in [-0.25, -0.2) is 0 Å². The molecule has 1 aliphatic heterocycles. The highest BCUT2D eigenvalue weighted by molar-refractivity contribution is 9.10. The Morgan fingerprint density at radius 1 is 0.840 bits per heavy atom. The Labute approximate surface area is 157 Å². The third kappa shape index (κ3) is 1.62. The average Bonchev–Trinajstić information content (AvgIpc) is 3.24. The summed E-state index contributed by atoms with van der Waals surface area (Å²) in [5, 5.41) is 10.2. The second-order valence-corrected chi connectivity index (χ2v) is 9.20. The van der Waals surface area contributed by atoms with Gasteiger partial charge in [0.2, 0.25) is 0 Å². The van der Waals surface area contributed by atoms with Crippen molar-refractivity contribution in [3.8, 4) is 0 Å². The summed E-state index contributed by atoms with van der Waals surface area (Å²) in [4.78, 5) is 0. The van der Waals surface area contributed by atoms with E-state index in [1.54, 1.807) is 0 Å². The van der Waals surface area contributed by atoms with Crippen LogP contribution in [0.3, 0.4) is 0 Å². The monoisotopic (exact) mass is 394 g/mol. The molecule has 2 aromatic rings. The molecular weight excluding hydrogens is 372 g/mol. The quantitative estimate of drug-likeness (QED) is 0.557. The first kappa shape index (κ1) is 15.7. The number of benzene rings is 2. The van der Waals surface area contributed by atoms with Gasteiger partial charge in [-0.3, -0.25) is 0 Å². The minimum atomic E-state index is -0.232. The molecule has 4 atom stereocenters. The fourth-order valence-corrected chi connectivity index (χ4v) is 7.01. The maximum Gasteiger partial charge on any atom is 0.118 e. The number of azo groups is 1. The molecule has 25 heavy (non-hydrogen) atoms. The fourth-order valence-electron chi connectivity index (χ4n) is 6.42. The normalized spacial score (nSPS) is 37.4. The highest BCUT2D eigenvalue weighted by atomic mass is 79.9. The van der Waals surface area contributed by atoms with Crippen LogP contribution in [0.4, 0.5) is 0 Å². The second kappa shape index (κ2) is 5.03. The number of fused-ring (bicyclic) bond motifs is 5. The van der Waals surface area contributed by atoms with E-state index in [0.717, 1.165) is 0 Å². The first-order valence-electron chi connectivity index (χ1n) is 9.30. The van der Waals surface area contributed by atoms with Gasteiger partial charge in [0.25, 0.3) is 0 Å². The van der Waals surface area contributed by atoms with Crippen LogP contribution in [0.2, 0.25) is 0 Å². The second-order valence-electron chi connectivity index (χ2n) is 8.35. The van der Waals surface area contributed by atoms with E-state index < -0.39 is 0 Å². The average molecular weight is 395 g/mol. The minimum Gasteiger partial charge on any atom is -0.181 e. The van der Waals surface area contributed by atoms with Gasteiger partial charge < -0.3 is 0 Å². The van der Waals surface area contributed by atoms with Crippen LogP contribution in [0.5, 0.6) is 0 Å². The molecule has 2 bridgehead atoms. The lowest BCUT2D eigenvalue weighted by Crippen LogP contribution is -2.44. The molecule has 2 fully saturated rings. The molecule has 0 unspecified atom stereocenters. The largest absolute Gasteiger partial charge is 0.181 e. The fraction of sp³-hybridized carbons (Fsp3) is 0.455. The van der Waals surface area contributed by atoms with Crippen molar-refractivity contribution in [2.24, 2.45) is 27.5 Å². The van der Waals surface area contributed by atoms with Crippen molar-refractivity contribution in [2.75, 3.05) is 0 Å². The van der Waals surface area contributed by atoms with Gasteiger partial charge in [-0.05, 0) is 41.9 Å². The molecule has 128 valence electrons. The standard InChI is InChI=1S/C22H23BrN2/c1-20(2)21(15-9-4-3-5-10-15)16-12-8-13-17(16)22(20,25-24-21)18-11-6-7-14-19(18)23/h3-7,9-11,14,16-17H,8,12-13H2,1-2H3/t16-,17+,21-,22-/m0/s1. The van der Waals surface area contributed by atoms with E-state index in [9.17, 15) is 0 Å². The Morgan fingerprint density at radius 2 is 1.44 bits per heavy atom. The molecule has 2 saturated carbocycles. The van der Waals surface area contributed by atoms with Crippen LogP contribution in [0, 0.1) is 17.3 Å². The number of rotatable bonds is 2. The van der Waals surface area contributed by atoms with E-state index in [4.69, 9.17) is 10.2 Å². The maximum atomic E-state index is 5.11. The highest BCUT2D eigenvalue weighted by Gasteiger charge is 2.78. The van der Waals surface area contributed by atoms with Gasteiger partial charge in [0.15, 0.2) is 0 Å². The van der Waals surface area contributed by atoms with Crippen molar-refractivity contribution < 1.29 is 0 Å². The van der Waals surface area contributed by atoms with E-state index in [2.05, 4.69) is 84.4 Å². The van der Waals surface area contributed by atoms with Crippen LogP contribution in [-0.4, -0.2) is 0 Å². The molecular formula is C22H23BrN2. The zero-order valence-corrected chi connectivity index (χ0v) is 16.3. The van der Waals surface area contributed by atoms with Crippen LogP contribution < -0.4 is 0 Å². The molecule has 2 aliphatic carbocycles. The maximum absolute atomic E-state index is 5.11. The van der Waals surface area contributed by atoms with Crippen molar-refractivity contribution in [1.82, 2.24) is 0 Å². The van der Waals surface area contributed by atoms with Crippen LogP contribution in [-0.2, 0) is 11.1 Å². The van der Waals surface area contributed by atoms with Crippen LogP contribution >= 0.6 is 15.9 Å². The third-order valence-corrected chi connectivity index (χ3v) is 8.05. The zero-order valence-electron chi connectivity index (χ0n) is 14.7. The summed E-state index contributed by atoms with van der Waals surface area (Å²) in [7, 11) is 0. The molecule has 0 amide bonds. The van der Waals surface area contributed by atoms with Gasteiger partial charge in [0, 0.05) is 9.89 Å². The Morgan fingerprint density at radius 3 is 2.16 bits per heavy atom. The van der Waals surface area contributed by atoms with Gasteiger partial charge in [-0.15, -0.1) is 0 Å². The molecule has 2 nitrogen and oxygen atoms in total. The van der Waals surface area contributed by atoms with Crippen LogP contribution in [0.25, 0.3) is 0 Å². The van der Waals surface area contributed by atoms with Gasteiger partial charge >= 0.3 is 0 Å². The summed E-state index contributed by atoms with van der Waals surface area (Å²) in [6, 6.07) is 19.6. The van der Waals surface area contributed by atoms with E-state index in [-0.39, 0.29) is 16.5 Å². The first-order valence-corrected chi connectivity index (χ1v) is 10.1. The van der Waals surface area contributed by atoms with E-state index >= 15 is 0 Å². The number of halogens is 1. The number of nitrogens with zero attached hydrogens (tertiary/aromatic N) is 2. The van der Waals surface area contributed by atoms with E-state index in [0.29, 0.717) is 11.8 Å². The molecule has 5 rings (SSSR count). The Hall–Kier alpha value is -1.48. The van der Waals surface area contributed by atoms with Crippen molar-refractivity contribution in [3.63, 3.8) is 0 Å². The van der Waals surface area contributed by atoms with Crippen LogP contribution in [0.15, 0.2) is 69.3 Å². The van der Waals surface area contributed by atoms with Crippen molar-refractivity contribution in [2.45, 2.75) is 44.2 Å². The van der Waals surface area contributed by atoms with Gasteiger partial charge in [0.05, 0.1) is 0 Å². The summed E-state index contributed by atoms with van der Waals surface area (Å²) >= 11 is 3.82. The molecule has 0 N–H and O–H groups in total. The van der Waals surface area contributed by atoms with Gasteiger partial charge in [0.1, 0.15) is 11.1 Å². The smallest absolute Gasteiger partial charge is 0.118 e. The molecule has 0 spiro atoms. The van der Waals surface area contributed by atoms with Crippen molar-refractivity contribution in [1.29, 1.82) is 0 Å². The summed E-state index contributed by atoms with van der Waals surface area (Å²) in [6.07, 6.45) is 3.80. The molecule has 2 aromatic carbocycles. The SMILES string of the molecule is CC1(C)[C@]2(c3ccccc3Br)N=N[C@@]1(c1ccccc1)[C@H]1CCC[C@H]12. The zero-order chi connectivity index (χ0) is 17.3. The molecule has 0 saturated heterocycles. The summed E-state index contributed by atoms with van der Waals surface area (Å²) < 4.78 is 1.17. The summed E-state index contributed by atoms with van der Waals surface area (Å²) in [6.45, 7) is 4.80.